The maximum Gasteiger partial charge on any atom is 0.277 e. The number of rotatable bonds is 5. The molecule has 1 atom stereocenters. The van der Waals surface area contributed by atoms with Gasteiger partial charge in [-0.15, -0.1) is 0 Å². The number of aromatic nitrogens is 2. The highest BCUT2D eigenvalue weighted by Crippen LogP contribution is 2.29. The van der Waals surface area contributed by atoms with Crippen LogP contribution < -0.4 is 21.7 Å². The molecule has 0 aromatic carbocycles. The molecule has 3 rings (SSSR count). The molecule has 140 valence electrons. The third-order valence-electron chi connectivity index (χ3n) is 4.21. The molecule has 8 nitrogen and oxygen atoms in total. The summed E-state index contributed by atoms with van der Waals surface area (Å²) in [6.07, 6.45) is 5.42. The number of carbonyl (C=O) groups excluding carboxylic acids is 1. The predicted molar refractivity (Wildman–Crippen MR) is 106 cm³/mol. The summed E-state index contributed by atoms with van der Waals surface area (Å²) in [5, 5.41) is 4.15. The minimum atomic E-state index is -0.320. The zero-order chi connectivity index (χ0) is 18.7. The molecule has 1 amide bonds. The van der Waals surface area contributed by atoms with Crippen LogP contribution in [0, 0.1) is 0 Å². The molecule has 0 unspecified atom stereocenters. The molecular weight excluding hydrogens is 350 g/mol. The second-order valence-electron chi connectivity index (χ2n) is 6.75. The Morgan fingerprint density at radius 3 is 3.04 bits per heavy atom. The van der Waals surface area contributed by atoms with Crippen LogP contribution in [0.15, 0.2) is 18.5 Å². The van der Waals surface area contributed by atoms with Gasteiger partial charge < -0.3 is 26.6 Å². The maximum absolute atomic E-state index is 12.7. The summed E-state index contributed by atoms with van der Waals surface area (Å²) in [7, 11) is 3.89. The van der Waals surface area contributed by atoms with Gasteiger partial charge in [0.2, 0.25) is 0 Å². The standard InChI is InChI=1S/C17H25N7OS/c1-23(2)10-14-22-15(16(19)26-14)17(25)21-12-8-20-6-5-13(12)24-7-3-4-11(18)9-24/h5-6,8,11H,3-4,7,9-10,18-19H2,1-2H3,(H,21,25)/t11-/m0/s1. The summed E-state index contributed by atoms with van der Waals surface area (Å²) in [5.74, 6) is -0.320. The minimum absolute atomic E-state index is 0.142. The average molecular weight is 376 g/mol. The molecule has 5 N–H and O–H groups in total. The minimum Gasteiger partial charge on any atom is -0.389 e. The molecule has 3 heterocycles. The first-order valence-electron chi connectivity index (χ1n) is 8.60. The Kier molecular flexibility index (Phi) is 5.70. The van der Waals surface area contributed by atoms with Gasteiger partial charge in [-0.2, -0.15) is 0 Å². The van der Waals surface area contributed by atoms with E-state index in [1.807, 2.05) is 25.1 Å². The van der Waals surface area contributed by atoms with E-state index in [1.54, 1.807) is 12.4 Å². The Hall–Kier alpha value is -2.23. The van der Waals surface area contributed by atoms with Crippen molar-refractivity contribution in [2.75, 3.05) is 43.1 Å². The monoisotopic (exact) mass is 375 g/mol. The van der Waals surface area contributed by atoms with E-state index in [1.165, 1.54) is 11.3 Å². The van der Waals surface area contributed by atoms with Crippen LogP contribution >= 0.6 is 11.3 Å². The van der Waals surface area contributed by atoms with E-state index < -0.39 is 0 Å². The third kappa shape index (κ3) is 4.29. The van der Waals surface area contributed by atoms with Crippen LogP contribution in [0.2, 0.25) is 0 Å². The lowest BCUT2D eigenvalue weighted by atomic mass is 10.1. The highest BCUT2D eigenvalue weighted by Gasteiger charge is 2.22. The van der Waals surface area contributed by atoms with E-state index >= 15 is 0 Å². The van der Waals surface area contributed by atoms with Crippen molar-refractivity contribution >= 4 is 33.6 Å². The van der Waals surface area contributed by atoms with Crippen molar-refractivity contribution in [3.63, 3.8) is 0 Å². The van der Waals surface area contributed by atoms with Gasteiger partial charge in [0.15, 0.2) is 5.69 Å². The van der Waals surface area contributed by atoms with Crippen molar-refractivity contribution in [3.8, 4) is 0 Å². The molecule has 2 aromatic heterocycles. The first-order valence-corrected chi connectivity index (χ1v) is 9.41. The van der Waals surface area contributed by atoms with E-state index in [0.29, 0.717) is 17.2 Å². The molecular formula is C17H25N7OS. The zero-order valence-electron chi connectivity index (χ0n) is 15.1. The third-order valence-corrected chi connectivity index (χ3v) is 5.08. The average Bonchev–Trinajstić information content (AvgIpc) is 2.95. The fraction of sp³-hybridized carbons (Fsp3) is 0.471. The van der Waals surface area contributed by atoms with Gasteiger partial charge in [0.05, 0.1) is 17.6 Å². The van der Waals surface area contributed by atoms with Crippen LogP contribution in [0.5, 0.6) is 0 Å². The normalized spacial score (nSPS) is 17.5. The number of carbonyl (C=O) groups is 1. The molecule has 0 radical (unpaired) electrons. The Morgan fingerprint density at radius 2 is 2.31 bits per heavy atom. The number of nitrogens with one attached hydrogen (secondary N) is 1. The highest BCUT2D eigenvalue weighted by atomic mass is 32.1. The molecule has 0 bridgehead atoms. The summed E-state index contributed by atoms with van der Waals surface area (Å²) in [6, 6.07) is 2.04. The zero-order valence-corrected chi connectivity index (χ0v) is 15.9. The summed E-state index contributed by atoms with van der Waals surface area (Å²) in [6.45, 7) is 2.32. The van der Waals surface area contributed by atoms with Crippen molar-refractivity contribution < 1.29 is 4.79 Å². The van der Waals surface area contributed by atoms with E-state index in [4.69, 9.17) is 11.5 Å². The number of thiazole rings is 1. The fourth-order valence-electron chi connectivity index (χ4n) is 3.05. The lowest BCUT2D eigenvalue weighted by Gasteiger charge is -2.33. The number of hydrogen-bond acceptors (Lipinski definition) is 8. The van der Waals surface area contributed by atoms with Crippen molar-refractivity contribution in [2.45, 2.75) is 25.4 Å². The molecule has 2 aromatic rings. The highest BCUT2D eigenvalue weighted by molar-refractivity contribution is 7.15. The first-order chi connectivity index (χ1) is 12.4. The van der Waals surface area contributed by atoms with E-state index in [0.717, 1.165) is 36.6 Å². The molecule has 1 aliphatic rings. The number of hydrogen-bond donors (Lipinski definition) is 3. The van der Waals surface area contributed by atoms with Crippen molar-refractivity contribution in [3.05, 3.63) is 29.2 Å². The first kappa shape index (κ1) is 18.6. The van der Waals surface area contributed by atoms with Crippen LogP contribution in [-0.2, 0) is 6.54 Å². The fourth-order valence-corrected chi connectivity index (χ4v) is 4.00. The number of anilines is 3. The SMILES string of the molecule is CN(C)Cc1nc(C(=O)Nc2cnccc2N2CCC[C@H](N)C2)c(N)s1. The predicted octanol–water partition coefficient (Wildman–Crippen LogP) is 1.36. The van der Waals surface area contributed by atoms with Gasteiger partial charge in [-0.3, -0.25) is 9.78 Å². The van der Waals surface area contributed by atoms with Crippen molar-refractivity contribution in [2.24, 2.45) is 5.73 Å². The molecule has 1 saturated heterocycles. The summed E-state index contributed by atoms with van der Waals surface area (Å²) in [4.78, 5) is 25.4. The van der Waals surface area contributed by atoms with Gasteiger partial charge in [0, 0.05) is 31.9 Å². The molecule has 0 saturated carbocycles. The van der Waals surface area contributed by atoms with Gasteiger partial charge in [-0.25, -0.2) is 4.98 Å². The Labute approximate surface area is 157 Å². The summed E-state index contributed by atoms with van der Waals surface area (Å²) >= 11 is 1.34. The largest absolute Gasteiger partial charge is 0.389 e. The van der Waals surface area contributed by atoms with Gasteiger partial charge in [0.1, 0.15) is 10.0 Å². The number of amides is 1. The summed E-state index contributed by atoms with van der Waals surface area (Å²) < 4.78 is 0. The van der Waals surface area contributed by atoms with Crippen molar-refractivity contribution in [1.29, 1.82) is 0 Å². The number of nitrogen functional groups attached to an aromatic ring is 1. The van der Waals surface area contributed by atoms with Crippen molar-refractivity contribution in [1.82, 2.24) is 14.9 Å². The molecule has 0 aliphatic carbocycles. The van der Waals surface area contributed by atoms with Gasteiger partial charge in [-0.1, -0.05) is 11.3 Å². The lowest BCUT2D eigenvalue weighted by molar-refractivity contribution is 0.102. The molecule has 9 heteroatoms. The quantitative estimate of drug-likeness (QED) is 0.723. The molecule has 1 fully saturated rings. The second kappa shape index (κ2) is 7.98. The lowest BCUT2D eigenvalue weighted by Crippen LogP contribution is -2.43. The number of nitrogens with two attached hydrogens (primary N) is 2. The molecule has 1 aliphatic heterocycles. The van der Waals surface area contributed by atoms with Gasteiger partial charge in [0.25, 0.3) is 5.91 Å². The van der Waals surface area contributed by atoms with E-state index in [2.05, 4.69) is 20.2 Å². The van der Waals surface area contributed by atoms with E-state index in [9.17, 15) is 4.79 Å². The number of nitrogens with zero attached hydrogens (tertiary/aromatic N) is 4. The van der Waals surface area contributed by atoms with Crippen LogP contribution in [0.4, 0.5) is 16.4 Å². The Balaban J connectivity index is 1.79. The number of pyridine rings is 1. The molecule has 0 spiro atoms. The Morgan fingerprint density at radius 1 is 1.50 bits per heavy atom. The van der Waals surface area contributed by atoms with Crippen LogP contribution in [0.3, 0.4) is 0 Å². The van der Waals surface area contributed by atoms with Crippen LogP contribution in [0.25, 0.3) is 0 Å². The smallest absolute Gasteiger partial charge is 0.277 e. The summed E-state index contributed by atoms with van der Waals surface area (Å²) in [5.41, 5.74) is 13.9. The van der Waals surface area contributed by atoms with E-state index in [-0.39, 0.29) is 17.6 Å². The topological polar surface area (TPSA) is 113 Å². The Bertz CT molecular complexity index is 776. The molecule has 26 heavy (non-hydrogen) atoms. The van der Waals surface area contributed by atoms with Crippen LogP contribution in [0.1, 0.15) is 28.3 Å². The maximum atomic E-state index is 12.7. The van der Waals surface area contributed by atoms with Gasteiger partial charge in [-0.05, 0) is 33.0 Å². The van der Waals surface area contributed by atoms with Crippen LogP contribution in [-0.4, -0.2) is 54.0 Å². The number of piperidine rings is 1. The second-order valence-corrected chi connectivity index (χ2v) is 7.87. The van der Waals surface area contributed by atoms with Gasteiger partial charge >= 0.3 is 0 Å².